The van der Waals surface area contributed by atoms with Gasteiger partial charge in [-0.05, 0) is 13.8 Å². The van der Waals surface area contributed by atoms with Gasteiger partial charge in [0.2, 0.25) is 0 Å². The Bertz CT molecular complexity index is 121. The molecule has 0 aliphatic heterocycles. The van der Waals surface area contributed by atoms with E-state index in [0.29, 0.717) is 0 Å². The van der Waals surface area contributed by atoms with Crippen LogP contribution in [0.25, 0.3) is 0 Å². The fourth-order valence-electron chi connectivity index (χ4n) is 0.517. The largest absolute Gasteiger partial charge is 0.350 e. The van der Waals surface area contributed by atoms with Crippen molar-refractivity contribution in [1.82, 2.24) is 5.01 Å². The van der Waals surface area contributed by atoms with Crippen molar-refractivity contribution in [2.75, 3.05) is 14.2 Å². The van der Waals surface area contributed by atoms with E-state index in [1.807, 2.05) is 13.8 Å². The van der Waals surface area contributed by atoms with Crippen molar-refractivity contribution in [3.05, 3.63) is 0 Å². The molecule has 0 radical (unpaired) electrons. The predicted octanol–water partition coefficient (Wildman–Crippen LogP) is 0.236. The Morgan fingerprint density at radius 3 is 2.40 bits per heavy atom. The van der Waals surface area contributed by atoms with Gasteiger partial charge in [0, 0.05) is 19.9 Å². The maximum atomic E-state index is 8.97. The molecule has 0 fully saturated rings. The first-order valence-electron chi connectivity index (χ1n) is 3.03. The number of hydrazone groups is 1. The summed E-state index contributed by atoms with van der Waals surface area (Å²) in [5.41, 5.74) is 0.874. The second-order valence-electron chi connectivity index (χ2n) is 2.18. The van der Waals surface area contributed by atoms with E-state index < -0.39 is 6.41 Å². The van der Waals surface area contributed by atoms with Gasteiger partial charge in [0.15, 0.2) is 0 Å². The van der Waals surface area contributed by atoms with Crippen molar-refractivity contribution in [3.8, 4) is 0 Å². The number of hydrogen-bond acceptors (Lipinski definition) is 4. The Labute approximate surface area is 61.1 Å². The molecule has 0 aromatic rings. The van der Waals surface area contributed by atoms with Gasteiger partial charge in [-0.2, -0.15) is 5.10 Å². The van der Waals surface area contributed by atoms with Crippen LogP contribution in [0.15, 0.2) is 5.10 Å². The lowest BCUT2D eigenvalue weighted by atomic mass is 10.5. The lowest BCUT2D eigenvalue weighted by Gasteiger charge is -2.18. The molecule has 60 valence electrons. The van der Waals surface area contributed by atoms with Crippen LogP contribution in [0.3, 0.4) is 0 Å². The second-order valence-corrected chi connectivity index (χ2v) is 2.18. The third kappa shape index (κ3) is 3.42. The third-order valence-electron chi connectivity index (χ3n) is 0.888. The van der Waals surface area contributed by atoms with E-state index in [1.165, 1.54) is 12.1 Å². The number of ether oxygens (including phenoxy) is 1. The highest BCUT2D eigenvalue weighted by Gasteiger charge is 2.04. The molecular weight excluding hydrogens is 132 g/mol. The first kappa shape index (κ1) is 9.39. The van der Waals surface area contributed by atoms with Crippen LogP contribution in [0.4, 0.5) is 0 Å². The van der Waals surface area contributed by atoms with Crippen molar-refractivity contribution in [2.24, 2.45) is 5.10 Å². The summed E-state index contributed by atoms with van der Waals surface area (Å²) in [6.45, 7) is 3.69. The zero-order valence-corrected chi connectivity index (χ0v) is 6.83. The number of methoxy groups -OCH3 is 1. The van der Waals surface area contributed by atoms with E-state index in [1.54, 1.807) is 7.05 Å². The highest BCUT2D eigenvalue weighted by molar-refractivity contribution is 5.78. The Balaban J connectivity index is 3.83. The minimum atomic E-state index is -0.949. The predicted molar refractivity (Wildman–Crippen MR) is 39.6 cm³/mol. The molecule has 0 aromatic heterocycles. The average molecular weight is 146 g/mol. The third-order valence-corrected chi connectivity index (χ3v) is 0.888. The van der Waals surface area contributed by atoms with Gasteiger partial charge in [-0.15, -0.1) is 0 Å². The van der Waals surface area contributed by atoms with Gasteiger partial charge in [-0.3, -0.25) is 0 Å². The van der Waals surface area contributed by atoms with Gasteiger partial charge >= 0.3 is 0 Å². The molecule has 0 bridgehead atoms. The molecule has 10 heavy (non-hydrogen) atoms. The zero-order valence-electron chi connectivity index (χ0n) is 6.83. The summed E-state index contributed by atoms with van der Waals surface area (Å²) in [6, 6.07) is 0. The van der Waals surface area contributed by atoms with Crippen LogP contribution < -0.4 is 0 Å². The van der Waals surface area contributed by atoms with E-state index in [0.717, 1.165) is 5.71 Å². The quantitative estimate of drug-likeness (QED) is 0.352. The lowest BCUT2D eigenvalue weighted by molar-refractivity contribution is -0.167. The maximum Gasteiger partial charge on any atom is 0.252 e. The molecule has 0 aliphatic rings. The summed E-state index contributed by atoms with van der Waals surface area (Å²) in [6.07, 6.45) is -0.949. The fraction of sp³-hybridized carbons (Fsp3) is 0.833. The van der Waals surface area contributed by atoms with E-state index in [-0.39, 0.29) is 0 Å². The summed E-state index contributed by atoms with van der Waals surface area (Å²) >= 11 is 0. The highest BCUT2D eigenvalue weighted by atomic mass is 16.6. The van der Waals surface area contributed by atoms with Gasteiger partial charge in [-0.25, -0.2) is 5.01 Å². The Morgan fingerprint density at radius 2 is 2.10 bits per heavy atom. The van der Waals surface area contributed by atoms with E-state index >= 15 is 0 Å². The molecule has 4 nitrogen and oxygen atoms in total. The van der Waals surface area contributed by atoms with Crippen LogP contribution in [0.1, 0.15) is 13.8 Å². The number of rotatable bonds is 3. The van der Waals surface area contributed by atoms with Crippen LogP contribution >= 0.6 is 0 Å². The van der Waals surface area contributed by atoms with Gasteiger partial charge in [0.05, 0.1) is 0 Å². The standard InChI is InChI=1S/C6H14N2O2/c1-5(2)7-8(3)6(9)10-4/h6,9H,1-4H3. The maximum absolute atomic E-state index is 8.97. The molecule has 1 unspecified atom stereocenters. The van der Waals surface area contributed by atoms with E-state index in [2.05, 4.69) is 9.84 Å². The summed E-state index contributed by atoms with van der Waals surface area (Å²) in [4.78, 5) is 0. The first-order valence-corrected chi connectivity index (χ1v) is 3.03. The van der Waals surface area contributed by atoms with Crippen molar-refractivity contribution in [3.63, 3.8) is 0 Å². The number of nitrogens with zero attached hydrogens (tertiary/aromatic N) is 2. The van der Waals surface area contributed by atoms with Crippen molar-refractivity contribution >= 4 is 5.71 Å². The first-order chi connectivity index (χ1) is 4.57. The zero-order chi connectivity index (χ0) is 8.15. The second kappa shape index (κ2) is 4.24. The fourth-order valence-corrected chi connectivity index (χ4v) is 0.517. The molecule has 1 atom stereocenters. The molecule has 0 aliphatic carbocycles. The summed E-state index contributed by atoms with van der Waals surface area (Å²) in [7, 11) is 3.06. The summed E-state index contributed by atoms with van der Waals surface area (Å²) in [5.74, 6) is 0. The molecule has 0 spiro atoms. The van der Waals surface area contributed by atoms with Gasteiger partial charge in [0.25, 0.3) is 6.41 Å². The number of aliphatic hydroxyl groups is 1. The average Bonchev–Trinajstić information content (AvgIpc) is 1.85. The molecular formula is C6H14N2O2. The molecule has 0 aromatic carbocycles. The monoisotopic (exact) mass is 146 g/mol. The Morgan fingerprint density at radius 1 is 1.60 bits per heavy atom. The summed E-state index contributed by atoms with van der Waals surface area (Å²) in [5, 5.41) is 14.2. The van der Waals surface area contributed by atoms with E-state index in [9.17, 15) is 0 Å². The Hall–Kier alpha value is -0.610. The SMILES string of the molecule is COC(O)N(C)N=C(C)C. The lowest BCUT2D eigenvalue weighted by Crippen LogP contribution is -2.28. The van der Waals surface area contributed by atoms with Gasteiger partial charge in [0.1, 0.15) is 0 Å². The molecule has 4 heteroatoms. The molecule has 0 rings (SSSR count). The minimum Gasteiger partial charge on any atom is -0.350 e. The van der Waals surface area contributed by atoms with Gasteiger partial charge < -0.3 is 9.84 Å². The topological polar surface area (TPSA) is 45.1 Å². The van der Waals surface area contributed by atoms with Crippen LogP contribution in [0.2, 0.25) is 0 Å². The summed E-state index contributed by atoms with van der Waals surface area (Å²) < 4.78 is 4.59. The number of hydrogen-bond donors (Lipinski definition) is 1. The highest BCUT2D eigenvalue weighted by Crippen LogP contribution is 1.93. The van der Waals surface area contributed by atoms with Crippen molar-refractivity contribution in [1.29, 1.82) is 0 Å². The van der Waals surface area contributed by atoms with Crippen molar-refractivity contribution in [2.45, 2.75) is 20.3 Å². The molecule has 0 heterocycles. The van der Waals surface area contributed by atoms with Gasteiger partial charge in [-0.1, -0.05) is 0 Å². The van der Waals surface area contributed by atoms with Crippen LogP contribution in [-0.2, 0) is 4.74 Å². The van der Waals surface area contributed by atoms with E-state index in [4.69, 9.17) is 5.11 Å². The normalized spacial score (nSPS) is 12.5. The molecule has 1 N–H and O–H groups in total. The molecule has 0 saturated carbocycles. The Kier molecular flexibility index (Phi) is 3.99. The van der Waals surface area contributed by atoms with Crippen LogP contribution in [0, 0.1) is 0 Å². The molecule has 0 amide bonds. The molecule has 0 saturated heterocycles. The van der Waals surface area contributed by atoms with Crippen molar-refractivity contribution < 1.29 is 9.84 Å². The van der Waals surface area contributed by atoms with Crippen LogP contribution in [-0.4, -0.2) is 36.4 Å². The number of aliphatic hydroxyl groups excluding tert-OH is 1. The van der Waals surface area contributed by atoms with Crippen LogP contribution in [0.5, 0.6) is 0 Å². The minimum absolute atomic E-state index is 0.874. The smallest absolute Gasteiger partial charge is 0.252 e.